The smallest absolute Gasteiger partial charge is 0.349 e. The van der Waals surface area contributed by atoms with Crippen molar-refractivity contribution in [3.05, 3.63) is 28.8 Å². The zero-order chi connectivity index (χ0) is 16.4. The highest BCUT2D eigenvalue weighted by Gasteiger charge is 2.11. The number of rotatable bonds is 8. The first-order valence-electron chi connectivity index (χ1n) is 7.17. The van der Waals surface area contributed by atoms with E-state index in [4.69, 9.17) is 16.3 Å². The Hall–Kier alpha value is -1.88. The first-order valence-corrected chi connectivity index (χ1v) is 7.55. The average molecular weight is 326 g/mol. The van der Waals surface area contributed by atoms with Gasteiger partial charge in [0.1, 0.15) is 6.21 Å². The monoisotopic (exact) mass is 325 g/mol. The molecule has 1 aromatic rings. The van der Waals surface area contributed by atoms with Gasteiger partial charge in [-0.2, -0.15) is 0 Å². The van der Waals surface area contributed by atoms with Crippen LogP contribution in [-0.2, 0) is 14.3 Å². The van der Waals surface area contributed by atoms with Crippen LogP contribution in [0.3, 0.4) is 0 Å². The van der Waals surface area contributed by atoms with Gasteiger partial charge < -0.3 is 9.47 Å². The number of carbonyl (C=O) groups excluding carboxylic acids is 2. The number of nitrogens with zero attached hydrogens (tertiary/aromatic N) is 1. The highest BCUT2D eigenvalue weighted by molar-refractivity contribution is 6.31. The van der Waals surface area contributed by atoms with Crippen molar-refractivity contribution in [1.29, 1.82) is 0 Å². The average Bonchev–Trinajstić information content (AvgIpc) is 2.52. The number of hydrogen-bond donors (Lipinski definition) is 0. The summed E-state index contributed by atoms with van der Waals surface area (Å²) in [6.45, 7) is 2.48. The fourth-order valence-electron chi connectivity index (χ4n) is 1.76. The van der Waals surface area contributed by atoms with Gasteiger partial charge in [-0.15, -0.1) is 0 Å². The van der Waals surface area contributed by atoms with Crippen molar-refractivity contribution < 1.29 is 19.1 Å². The molecule has 0 saturated carbocycles. The first-order chi connectivity index (χ1) is 10.6. The van der Waals surface area contributed by atoms with Crippen molar-refractivity contribution in [2.75, 3.05) is 13.7 Å². The molecule has 120 valence electrons. The zero-order valence-corrected chi connectivity index (χ0v) is 13.6. The Kier molecular flexibility index (Phi) is 8.22. The molecule has 1 aromatic carbocycles. The quantitative estimate of drug-likeness (QED) is 0.412. The van der Waals surface area contributed by atoms with E-state index in [0.717, 1.165) is 31.9 Å². The molecule has 0 aliphatic rings. The van der Waals surface area contributed by atoms with E-state index >= 15 is 0 Å². The fraction of sp³-hybridized carbons (Fsp3) is 0.438. The summed E-state index contributed by atoms with van der Waals surface area (Å²) in [5.74, 6) is -1.09. The van der Waals surface area contributed by atoms with Crippen LogP contribution in [0.4, 0.5) is 5.69 Å². The van der Waals surface area contributed by atoms with E-state index < -0.39 is 11.9 Å². The van der Waals surface area contributed by atoms with Crippen LogP contribution in [0.5, 0.6) is 0 Å². The van der Waals surface area contributed by atoms with Gasteiger partial charge in [-0.3, -0.25) is 0 Å². The van der Waals surface area contributed by atoms with Crippen LogP contribution in [0, 0.1) is 0 Å². The Balaban J connectivity index is 2.63. The lowest BCUT2D eigenvalue weighted by Gasteiger charge is -2.04. The second-order valence-corrected chi connectivity index (χ2v) is 5.08. The molecule has 0 bridgehead atoms. The number of benzene rings is 1. The van der Waals surface area contributed by atoms with E-state index in [0.29, 0.717) is 11.6 Å². The molecule has 0 unspecified atom stereocenters. The molecule has 22 heavy (non-hydrogen) atoms. The molecule has 0 spiro atoms. The molecule has 0 N–H and O–H groups in total. The van der Waals surface area contributed by atoms with Crippen LogP contribution in [0.1, 0.15) is 43.0 Å². The molecule has 6 heteroatoms. The highest BCUT2D eigenvalue weighted by Crippen LogP contribution is 2.24. The molecule has 0 amide bonds. The third-order valence-corrected chi connectivity index (χ3v) is 3.15. The molecule has 0 fully saturated rings. The van der Waals surface area contributed by atoms with Gasteiger partial charge in [0.15, 0.2) is 0 Å². The molecule has 0 heterocycles. The van der Waals surface area contributed by atoms with E-state index in [-0.39, 0.29) is 11.3 Å². The Morgan fingerprint density at radius 1 is 1.27 bits per heavy atom. The zero-order valence-electron chi connectivity index (χ0n) is 12.8. The van der Waals surface area contributed by atoms with Crippen molar-refractivity contribution >= 4 is 35.4 Å². The van der Waals surface area contributed by atoms with E-state index in [9.17, 15) is 9.59 Å². The third kappa shape index (κ3) is 6.26. The topological polar surface area (TPSA) is 65.0 Å². The largest absolute Gasteiger partial charge is 0.465 e. The summed E-state index contributed by atoms with van der Waals surface area (Å²) in [5, 5.41) is 0.410. The summed E-state index contributed by atoms with van der Waals surface area (Å²) in [6.07, 6.45) is 5.15. The number of aliphatic imine (C=N–C) groups is 1. The fourth-order valence-corrected chi connectivity index (χ4v) is 1.92. The highest BCUT2D eigenvalue weighted by atomic mass is 35.5. The Morgan fingerprint density at radius 3 is 2.73 bits per heavy atom. The number of hydrogen-bond acceptors (Lipinski definition) is 5. The summed E-state index contributed by atoms with van der Waals surface area (Å²) >= 11 is 5.87. The predicted octanol–water partition coefficient (Wildman–Crippen LogP) is 3.95. The van der Waals surface area contributed by atoms with Crippen LogP contribution in [0.2, 0.25) is 5.02 Å². The lowest BCUT2D eigenvalue weighted by molar-refractivity contribution is -0.135. The molecule has 0 aliphatic carbocycles. The van der Waals surface area contributed by atoms with Crippen LogP contribution in [0.15, 0.2) is 23.2 Å². The second kappa shape index (κ2) is 9.95. The Labute approximate surface area is 135 Å². The minimum atomic E-state index is -0.549. The summed E-state index contributed by atoms with van der Waals surface area (Å²) in [6, 6.07) is 4.54. The van der Waals surface area contributed by atoms with Crippen LogP contribution >= 0.6 is 11.6 Å². The standard InChI is InChI=1S/C16H20ClNO4/c1-3-4-5-6-9-22-15(19)11-18-14-10-12(17)7-8-13(14)16(20)21-2/h7-8,10-11H,3-6,9H2,1-2H3. The molecule has 0 atom stereocenters. The van der Waals surface area contributed by atoms with Crippen molar-refractivity contribution in [1.82, 2.24) is 0 Å². The molecule has 0 radical (unpaired) electrons. The lowest BCUT2D eigenvalue weighted by atomic mass is 10.2. The van der Waals surface area contributed by atoms with Crippen LogP contribution < -0.4 is 0 Å². The molecular formula is C16H20ClNO4. The summed E-state index contributed by atoms with van der Waals surface area (Å²) in [5.41, 5.74) is 0.501. The molecule has 1 rings (SSSR count). The number of unbranched alkanes of at least 4 members (excludes halogenated alkanes) is 3. The molecule has 0 aromatic heterocycles. The molecule has 0 aliphatic heterocycles. The van der Waals surface area contributed by atoms with Gasteiger partial charge in [0.2, 0.25) is 0 Å². The van der Waals surface area contributed by atoms with Gasteiger partial charge in [0.25, 0.3) is 0 Å². The molecular weight excluding hydrogens is 306 g/mol. The van der Waals surface area contributed by atoms with Gasteiger partial charge in [-0.05, 0) is 24.6 Å². The number of esters is 2. The van der Waals surface area contributed by atoms with Gasteiger partial charge >= 0.3 is 11.9 Å². The minimum absolute atomic E-state index is 0.235. The Bertz CT molecular complexity index is 543. The second-order valence-electron chi connectivity index (χ2n) is 4.64. The molecule has 0 saturated heterocycles. The van der Waals surface area contributed by atoms with E-state index in [1.165, 1.54) is 19.2 Å². The number of halogens is 1. The maximum Gasteiger partial charge on any atom is 0.349 e. The summed E-state index contributed by atoms with van der Waals surface area (Å²) < 4.78 is 9.68. The maximum absolute atomic E-state index is 11.6. The van der Waals surface area contributed by atoms with Crippen LogP contribution in [-0.4, -0.2) is 31.9 Å². The lowest BCUT2D eigenvalue weighted by Crippen LogP contribution is -2.07. The van der Waals surface area contributed by atoms with E-state index in [1.54, 1.807) is 6.07 Å². The Morgan fingerprint density at radius 2 is 2.05 bits per heavy atom. The predicted molar refractivity (Wildman–Crippen MR) is 86.0 cm³/mol. The van der Waals surface area contributed by atoms with Crippen LogP contribution in [0.25, 0.3) is 0 Å². The maximum atomic E-state index is 11.6. The van der Waals surface area contributed by atoms with Gasteiger partial charge in [-0.1, -0.05) is 37.8 Å². The SMILES string of the molecule is CCCCCCOC(=O)C=Nc1cc(Cl)ccc1C(=O)OC. The number of ether oxygens (including phenoxy) is 2. The van der Waals surface area contributed by atoms with Crippen molar-refractivity contribution in [3.63, 3.8) is 0 Å². The van der Waals surface area contributed by atoms with Gasteiger partial charge in [0, 0.05) is 5.02 Å². The van der Waals surface area contributed by atoms with Crippen molar-refractivity contribution in [2.45, 2.75) is 32.6 Å². The number of methoxy groups -OCH3 is 1. The number of carbonyl (C=O) groups is 2. The van der Waals surface area contributed by atoms with Crippen molar-refractivity contribution in [2.24, 2.45) is 4.99 Å². The summed E-state index contributed by atoms with van der Waals surface area (Å²) in [4.78, 5) is 27.1. The summed E-state index contributed by atoms with van der Waals surface area (Å²) in [7, 11) is 1.27. The first kappa shape index (κ1) is 18.2. The minimum Gasteiger partial charge on any atom is -0.465 e. The van der Waals surface area contributed by atoms with Gasteiger partial charge in [0.05, 0.1) is 25.0 Å². The van der Waals surface area contributed by atoms with E-state index in [2.05, 4.69) is 16.7 Å². The normalized spacial score (nSPS) is 10.7. The third-order valence-electron chi connectivity index (χ3n) is 2.92. The van der Waals surface area contributed by atoms with E-state index in [1.807, 2.05) is 0 Å². The molecule has 5 nitrogen and oxygen atoms in total. The van der Waals surface area contributed by atoms with Crippen molar-refractivity contribution in [3.8, 4) is 0 Å². The van der Waals surface area contributed by atoms with Gasteiger partial charge in [-0.25, -0.2) is 14.6 Å².